The Morgan fingerprint density at radius 3 is 1.96 bits per heavy atom. The van der Waals surface area contributed by atoms with E-state index in [1.807, 2.05) is 34.6 Å². The van der Waals surface area contributed by atoms with Gasteiger partial charge in [-0.25, -0.2) is 0 Å². The highest BCUT2D eigenvalue weighted by Gasteiger charge is 2.78. The summed E-state index contributed by atoms with van der Waals surface area (Å²) in [5.41, 5.74) is -1.94. The average Bonchev–Trinajstić information content (AvgIpc) is 3.53. The molecular formula is C42H68O15. The maximum Gasteiger partial charge on any atom is 0.187 e. The topological polar surface area (TPSA) is 248 Å². The first-order valence-electron chi connectivity index (χ1n) is 21.0. The molecule has 1 spiro atoms. The quantitative estimate of drug-likeness (QED) is 0.133. The van der Waals surface area contributed by atoms with E-state index < -0.39 is 116 Å². The summed E-state index contributed by atoms with van der Waals surface area (Å²) in [6.45, 7) is 13.3. The van der Waals surface area contributed by atoms with Crippen LogP contribution in [0.2, 0.25) is 0 Å². The van der Waals surface area contributed by atoms with Crippen molar-refractivity contribution < 1.29 is 74.7 Å². The number of aliphatic hydroxyl groups excluding tert-OH is 10. The summed E-state index contributed by atoms with van der Waals surface area (Å²) in [5.74, 6) is -0.356. The second-order valence-corrected chi connectivity index (χ2v) is 19.8. The lowest BCUT2D eigenvalue weighted by Crippen LogP contribution is -2.66. The molecule has 0 aromatic heterocycles. The van der Waals surface area contributed by atoms with Crippen molar-refractivity contribution in [1.29, 1.82) is 0 Å². The van der Waals surface area contributed by atoms with Crippen LogP contribution in [0.25, 0.3) is 0 Å². The molecule has 57 heavy (non-hydrogen) atoms. The molecule has 22 atom stereocenters. The van der Waals surface area contributed by atoms with Gasteiger partial charge in [0.25, 0.3) is 0 Å². The highest BCUT2D eigenvalue weighted by Crippen LogP contribution is 2.78. The molecule has 3 heterocycles. The van der Waals surface area contributed by atoms with Gasteiger partial charge in [0.1, 0.15) is 60.5 Å². The molecule has 3 aliphatic heterocycles. The van der Waals surface area contributed by atoms with E-state index in [1.165, 1.54) is 0 Å². The first-order valence-corrected chi connectivity index (χ1v) is 21.0. The van der Waals surface area contributed by atoms with Gasteiger partial charge >= 0.3 is 0 Å². The van der Waals surface area contributed by atoms with Gasteiger partial charge in [0.05, 0.1) is 25.4 Å². The molecule has 6 fully saturated rings. The molecule has 7 aliphatic rings. The van der Waals surface area contributed by atoms with Crippen molar-refractivity contribution in [2.24, 2.45) is 45.3 Å². The van der Waals surface area contributed by atoms with E-state index in [-0.39, 0.29) is 34.5 Å². The smallest absolute Gasteiger partial charge is 0.187 e. The Balaban J connectivity index is 1.13. The Morgan fingerprint density at radius 1 is 0.772 bits per heavy atom. The van der Waals surface area contributed by atoms with Crippen LogP contribution in [-0.2, 0) is 23.7 Å². The van der Waals surface area contributed by atoms with E-state index in [0.717, 1.165) is 24.8 Å². The average molecular weight is 813 g/mol. The number of fused-ring (bicyclic) bond motifs is 2. The van der Waals surface area contributed by atoms with Crippen molar-refractivity contribution >= 4 is 0 Å². The van der Waals surface area contributed by atoms with Crippen LogP contribution < -0.4 is 0 Å². The second kappa shape index (κ2) is 15.3. The minimum atomic E-state index is -1.61. The molecule has 0 unspecified atom stereocenters. The third-order valence-corrected chi connectivity index (χ3v) is 16.7. The van der Waals surface area contributed by atoms with Crippen LogP contribution in [-0.4, -0.2) is 156 Å². The zero-order valence-corrected chi connectivity index (χ0v) is 34.3. The van der Waals surface area contributed by atoms with Crippen LogP contribution in [0.3, 0.4) is 0 Å². The Morgan fingerprint density at radius 2 is 1.37 bits per heavy atom. The van der Waals surface area contributed by atoms with Gasteiger partial charge in [-0.1, -0.05) is 58.4 Å². The maximum atomic E-state index is 12.2. The molecule has 15 heteroatoms. The molecule has 3 saturated heterocycles. The molecule has 7 rings (SSSR count). The van der Waals surface area contributed by atoms with Gasteiger partial charge in [-0.3, -0.25) is 0 Å². The zero-order valence-electron chi connectivity index (χ0n) is 34.3. The van der Waals surface area contributed by atoms with Gasteiger partial charge in [-0.2, -0.15) is 0 Å². The Bertz CT molecular complexity index is 1520. The molecule has 0 amide bonds. The zero-order chi connectivity index (χ0) is 41.8. The minimum absolute atomic E-state index is 0.0416. The standard InChI is InChI=1S/C42H68O15/c1-19(2)16-22(53-35-33(50)31(48)29(46)23(17-43)54-35)28(45)20(3)21-10-12-40(7)25-11-13-42-26(41(25,37(52)57-42)15-14-39(21,40)6)8-9-27(38(42,4)5)56-36-34(51)32(49)30(47)24(18-44)55-36/h11,13,16,20-37,43-52H,8-10,12,14-15,17-18H2,1-7H3/t20-,21+,22-,23+,24+,25-,26-,27-,28-,29+,30+,31+,32+,33+,34+,35+,36-,37+,39+,40-,41-,42+/m0/s1. The van der Waals surface area contributed by atoms with Crippen LogP contribution in [0.4, 0.5) is 0 Å². The summed E-state index contributed by atoms with van der Waals surface area (Å²) in [4.78, 5) is 0. The SMILES string of the molecule is CC(C)=C[C@H](O[C@@H]1O[C@H](CO)[C@@H](O)[C@@H](O)[C@H]1O)[C@@H](O)[C@@H](C)[C@H]1CC[C@@]2(C)[C@@H]3C=C[C@@]45O[C@@H](O)[C@]3(CC[C@]12C)[C@@H]4CC[C@H](O[C@@H]1O[C@H](CO)[C@@H](O)[C@@H](O)[C@H]1O)C5(C)C. The number of aliphatic hydroxyl groups is 10. The number of rotatable bonds is 10. The Kier molecular flexibility index (Phi) is 11.8. The lowest BCUT2D eigenvalue weighted by molar-refractivity contribution is -0.330. The molecule has 3 saturated carbocycles. The fraction of sp³-hybridized carbons (Fsp3) is 0.905. The van der Waals surface area contributed by atoms with Gasteiger partial charge in [0.15, 0.2) is 18.9 Å². The van der Waals surface area contributed by atoms with Gasteiger partial charge in [-0.15, -0.1) is 0 Å². The van der Waals surface area contributed by atoms with E-state index in [1.54, 1.807) is 6.08 Å². The summed E-state index contributed by atoms with van der Waals surface area (Å²) < 4.78 is 30.8. The van der Waals surface area contributed by atoms with E-state index in [0.29, 0.717) is 19.3 Å². The Labute approximate surface area is 335 Å². The maximum absolute atomic E-state index is 12.2. The molecule has 0 aromatic carbocycles. The van der Waals surface area contributed by atoms with Crippen molar-refractivity contribution in [2.75, 3.05) is 13.2 Å². The molecule has 326 valence electrons. The third kappa shape index (κ3) is 6.32. The number of hydrogen-bond acceptors (Lipinski definition) is 15. The van der Waals surface area contributed by atoms with Gasteiger partial charge < -0.3 is 74.7 Å². The summed E-state index contributed by atoms with van der Waals surface area (Å²) in [6, 6.07) is 0. The number of allylic oxidation sites excluding steroid dienone is 2. The van der Waals surface area contributed by atoms with Crippen LogP contribution in [0.15, 0.2) is 23.8 Å². The molecule has 0 radical (unpaired) electrons. The largest absolute Gasteiger partial charge is 0.394 e. The van der Waals surface area contributed by atoms with Crippen LogP contribution >= 0.6 is 0 Å². The number of hydrogen-bond donors (Lipinski definition) is 10. The van der Waals surface area contributed by atoms with E-state index >= 15 is 0 Å². The van der Waals surface area contributed by atoms with Crippen LogP contribution in [0.1, 0.15) is 87.0 Å². The van der Waals surface area contributed by atoms with Crippen molar-refractivity contribution in [1.82, 2.24) is 0 Å². The predicted molar refractivity (Wildman–Crippen MR) is 201 cm³/mol. The molecule has 4 aliphatic carbocycles. The molecule has 15 nitrogen and oxygen atoms in total. The fourth-order valence-electron chi connectivity index (χ4n) is 13.2. The third-order valence-electron chi connectivity index (χ3n) is 16.7. The Hall–Kier alpha value is -1.12. The summed E-state index contributed by atoms with van der Waals surface area (Å²) in [7, 11) is 0. The summed E-state index contributed by atoms with van der Waals surface area (Å²) >= 11 is 0. The monoisotopic (exact) mass is 812 g/mol. The van der Waals surface area contributed by atoms with Crippen molar-refractivity contribution in [3.8, 4) is 0 Å². The van der Waals surface area contributed by atoms with Crippen molar-refractivity contribution in [2.45, 2.75) is 179 Å². The first kappa shape index (κ1) is 44.0. The molecular weight excluding hydrogens is 744 g/mol. The first-order chi connectivity index (χ1) is 26.7. The molecule has 0 aromatic rings. The highest BCUT2D eigenvalue weighted by atomic mass is 16.7. The highest BCUT2D eigenvalue weighted by molar-refractivity contribution is 5.34. The molecule has 10 N–H and O–H groups in total. The minimum Gasteiger partial charge on any atom is -0.394 e. The normalized spacial score (nSPS) is 53.0. The fourth-order valence-corrected chi connectivity index (χ4v) is 13.2. The van der Waals surface area contributed by atoms with E-state index in [4.69, 9.17) is 23.7 Å². The second-order valence-electron chi connectivity index (χ2n) is 19.8. The lowest BCUT2D eigenvalue weighted by Gasteiger charge is -2.65. The van der Waals surface area contributed by atoms with Crippen LogP contribution in [0, 0.1) is 45.3 Å². The lowest BCUT2D eigenvalue weighted by atomic mass is 9.38. The van der Waals surface area contributed by atoms with E-state index in [9.17, 15) is 51.1 Å². The van der Waals surface area contributed by atoms with Crippen molar-refractivity contribution in [3.63, 3.8) is 0 Å². The van der Waals surface area contributed by atoms with Gasteiger partial charge in [-0.05, 0) is 81.0 Å². The number of ether oxygens (including phenoxy) is 5. The van der Waals surface area contributed by atoms with Crippen molar-refractivity contribution in [3.05, 3.63) is 23.8 Å². The molecule has 2 bridgehead atoms. The summed E-state index contributed by atoms with van der Waals surface area (Å²) in [6.07, 6.45) is -7.35. The predicted octanol–water partition coefficient (Wildman–Crippen LogP) is 0.232. The van der Waals surface area contributed by atoms with Gasteiger partial charge in [0.2, 0.25) is 0 Å². The van der Waals surface area contributed by atoms with Gasteiger partial charge in [0, 0.05) is 16.7 Å². The van der Waals surface area contributed by atoms with Crippen LogP contribution in [0.5, 0.6) is 0 Å². The van der Waals surface area contributed by atoms with E-state index in [2.05, 4.69) is 26.0 Å². The summed E-state index contributed by atoms with van der Waals surface area (Å²) in [5, 5.41) is 107.